The number of alkyl halides is 3. The zero-order chi connectivity index (χ0) is 21.7. The lowest BCUT2D eigenvalue weighted by Gasteiger charge is -2.28. The topological polar surface area (TPSA) is 53.2 Å². The van der Waals surface area contributed by atoms with E-state index in [9.17, 15) is 4.79 Å². The van der Waals surface area contributed by atoms with Crippen LogP contribution < -0.4 is 16.0 Å². The summed E-state index contributed by atoms with van der Waals surface area (Å²) in [5, 5.41) is 10.9. The molecule has 0 radical (unpaired) electrons. The molecule has 0 aliphatic heterocycles. The van der Waals surface area contributed by atoms with Gasteiger partial charge >= 0.3 is 0 Å². The van der Waals surface area contributed by atoms with Crippen LogP contribution in [0.4, 0.5) is 5.69 Å². The Balaban J connectivity index is 1.69. The second-order valence-corrected chi connectivity index (χ2v) is 10.4. The number of benzene rings is 3. The molecule has 0 saturated heterocycles. The SMILES string of the molecule is O=C(Cc1cccc2ccccc12)NC(NC(=S)Nc1ccccc1I)C(Cl)(Cl)Cl. The summed E-state index contributed by atoms with van der Waals surface area (Å²) in [6.07, 6.45) is -0.886. The summed E-state index contributed by atoms with van der Waals surface area (Å²) in [6, 6.07) is 21.3. The van der Waals surface area contributed by atoms with E-state index in [4.69, 9.17) is 47.0 Å². The number of fused-ring (bicyclic) bond motifs is 1. The minimum Gasteiger partial charge on any atom is -0.339 e. The van der Waals surface area contributed by atoms with Crippen molar-refractivity contribution in [2.75, 3.05) is 5.32 Å². The maximum Gasteiger partial charge on any atom is 0.228 e. The molecule has 3 aromatic rings. The van der Waals surface area contributed by atoms with Crippen LogP contribution in [0.25, 0.3) is 10.8 Å². The standard InChI is InChI=1S/C21H17Cl3IN3OS/c22-21(23,24)19(28-20(30)26-17-11-4-3-10-16(17)25)27-18(29)12-14-8-5-7-13-6-1-2-9-15(13)14/h1-11,19H,12H2,(H,27,29)(H2,26,28,30). The minimum atomic E-state index is -1.82. The van der Waals surface area contributed by atoms with Crippen molar-refractivity contribution in [1.82, 2.24) is 10.6 Å². The molecule has 1 atom stereocenters. The van der Waals surface area contributed by atoms with E-state index in [1.807, 2.05) is 66.7 Å². The molecule has 3 aromatic carbocycles. The Kier molecular flexibility index (Phi) is 8.04. The Morgan fingerprint density at radius 3 is 2.37 bits per heavy atom. The first kappa shape index (κ1) is 23.3. The summed E-state index contributed by atoms with van der Waals surface area (Å²) in [5.74, 6) is -0.299. The highest BCUT2D eigenvalue weighted by Crippen LogP contribution is 2.29. The molecule has 0 aromatic heterocycles. The van der Waals surface area contributed by atoms with Crippen molar-refractivity contribution in [2.24, 2.45) is 0 Å². The molecule has 3 rings (SSSR count). The highest BCUT2D eigenvalue weighted by Gasteiger charge is 2.34. The lowest BCUT2D eigenvalue weighted by atomic mass is 10.0. The van der Waals surface area contributed by atoms with Gasteiger partial charge in [-0.2, -0.15) is 0 Å². The summed E-state index contributed by atoms with van der Waals surface area (Å²) in [5.41, 5.74) is 1.69. The number of hydrogen-bond donors (Lipinski definition) is 3. The van der Waals surface area contributed by atoms with Gasteiger partial charge in [0.25, 0.3) is 0 Å². The van der Waals surface area contributed by atoms with Crippen LogP contribution in [0.1, 0.15) is 5.56 Å². The molecule has 1 amide bonds. The lowest BCUT2D eigenvalue weighted by molar-refractivity contribution is -0.121. The Morgan fingerprint density at radius 2 is 1.63 bits per heavy atom. The highest BCUT2D eigenvalue weighted by atomic mass is 127. The predicted octanol–water partition coefficient (Wildman–Crippen LogP) is 5.79. The average molecular weight is 593 g/mol. The number of nitrogens with one attached hydrogen (secondary N) is 3. The zero-order valence-corrected chi connectivity index (χ0v) is 20.7. The van der Waals surface area contributed by atoms with E-state index >= 15 is 0 Å². The fraction of sp³-hybridized carbons (Fsp3) is 0.143. The van der Waals surface area contributed by atoms with E-state index in [1.165, 1.54) is 0 Å². The number of rotatable bonds is 5. The molecule has 0 aliphatic rings. The third-order valence-electron chi connectivity index (χ3n) is 4.26. The number of para-hydroxylation sites is 1. The summed E-state index contributed by atoms with van der Waals surface area (Å²) >= 11 is 25.8. The summed E-state index contributed by atoms with van der Waals surface area (Å²) in [4.78, 5) is 12.7. The van der Waals surface area contributed by atoms with Gasteiger partial charge in [-0.15, -0.1) is 0 Å². The largest absolute Gasteiger partial charge is 0.339 e. The molecule has 0 heterocycles. The van der Waals surface area contributed by atoms with E-state index in [0.29, 0.717) is 0 Å². The fourth-order valence-corrected chi connectivity index (χ4v) is 3.96. The summed E-state index contributed by atoms with van der Waals surface area (Å²) in [6.45, 7) is 0. The van der Waals surface area contributed by atoms with Crippen molar-refractivity contribution in [2.45, 2.75) is 16.4 Å². The number of amides is 1. The molecule has 0 spiro atoms. The van der Waals surface area contributed by atoms with Gasteiger partial charge in [0.1, 0.15) is 6.17 Å². The normalized spacial score (nSPS) is 12.3. The second-order valence-electron chi connectivity index (χ2n) is 6.44. The van der Waals surface area contributed by atoms with Crippen LogP contribution in [0.2, 0.25) is 0 Å². The van der Waals surface area contributed by atoms with Gasteiger partial charge in [-0.25, -0.2) is 0 Å². The summed E-state index contributed by atoms with van der Waals surface area (Å²) < 4.78 is -0.839. The molecule has 3 N–H and O–H groups in total. The third-order valence-corrected chi connectivity index (χ3v) is 6.08. The molecule has 0 aliphatic carbocycles. The fourth-order valence-electron chi connectivity index (χ4n) is 2.88. The van der Waals surface area contributed by atoms with E-state index < -0.39 is 9.96 Å². The molecule has 1 unspecified atom stereocenters. The monoisotopic (exact) mass is 591 g/mol. The van der Waals surface area contributed by atoms with Gasteiger partial charge in [-0.1, -0.05) is 89.4 Å². The van der Waals surface area contributed by atoms with Crippen molar-refractivity contribution in [3.63, 3.8) is 0 Å². The van der Waals surface area contributed by atoms with Crippen molar-refractivity contribution >= 4 is 97.1 Å². The van der Waals surface area contributed by atoms with Crippen LogP contribution in [-0.2, 0) is 11.2 Å². The lowest BCUT2D eigenvalue weighted by Crippen LogP contribution is -2.56. The Bertz CT molecular complexity index is 1070. The molecule has 4 nitrogen and oxygen atoms in total. The zero-order valence-electron chi connectivity index (χ0n) is 15.5. The number of halogens is 4. The maximum atomic E-state index is 12.7. The van der Waals surface area contributed by atoms with E-state index in [1.54, 1.807) is 0 Å². The molecule has 0 fully saturated rings. The van der Waals surface area contributed by atoms with Crippen molar-refractivity contribution in [3.8, 4) is 0 Å². The van der Waals surface area contributed by atoms with Gasteiger partial charge < -0.3 is 16.0 Å². The quantitative estimate of drug-likeness (QED) is 0.152. The average Bonchev–Trinajstić information content (AvgIpc) is 2.69. The Morgan fingerprint density at radius 1 is 0.967 bits per heavy atom. The molecular weight excluding hydrogens is 576 g/mol. The third kappa shape index (κ3) is 6.34. The van der Waals surface area contributed by atoms with Crippen molar-refractivity contribution in [3.05, 3.63) is 75.9 Å². The Labute approximate surface area is 208 Å². The van der Waals surface area contributed by atoms with Crippen molar-refractivity contribution in [1.29, 1.82) is 0 Å². The summed E-state index contributed by atoms with van der Waals surface area (Å²) in [7, 11) is 0. The molecule has 156 valence electrons. The smallest absolute Gasteiger partial charge is 0.228 e. The van der Waals surface area contributed by atoms with Crippen LogP contribution >= 0.6 is 69.6 Å². The van der Waals surface area contributed by atoms with Crippen LogP contribution in [0, 0.1) is 3.57 Å². The van der Waals surface area contributed by atoms with Gasteiger partial charge in [0.05, 0.1) is 12.1 Å². The van der Waals surface area contributed by atoms with Gasteiger partial charge in [0.2, 0.25) is 9.70 Å². The number of anilines is 1. The first-order valence-electron chi connectivity index (χ1n) is 8.89. The van der Waals surface area contributed by atoms with Crippen LogP contribution in [0.15, 0.2) is 66.7 Å². The van der Waals surface area contributed by atoms with Gasteiger partial charge in [-0.3, -0.25) is 4.79 Å². The minimum absolute atomic E-state index is 0.136. The Hall–Kier alpha value is -1.32. The molecular formula is C21H17Cl3IN3OS. The number of thiocarbonyl (C=S) groups is 1. The van der Waals surface area contributed by atoms with Crippen LogP contribution in [0.3, 0.4) is 0 Å². The number of hydrogen-bond acceptors (Lipinski definition) is 2. The number of carbonyl (C=O) groups is 1. The number of carbonyl (C=O) groups excluding carboxylic acids is 1. The highest BCUT2D eigenvalue weighted by molar-refractivity contribution is 14.1. The van der Waals surface area contributed by atoms with Gasteiger partial charge in [0.15, 0.2) is 5.11 Å². The first-order valence-corrected chi connectivity index (χ1v) is 11.5. The van der Waals surface area contributed by atoms with E-state index in [0.717, 1.165) is 25.6 Å². The van der Waals surface area contributed by atoms with Crippen LogP contribution in [-0.4, -0.2) is 21.0 Å². The molecule has 0 saturated carbocycles. The second kappa shape index (κ2) is 10.3. The predicted molar refractivity (Wildman–Crippen MR) is 138 cm³/mol. The van der Waals surface area contributed by atoms with E-state index in [-0.39, 0.29) is 17.4 Å². The molecule has 9 heteroatoms. The van der Waals surface area contributed by atoms with Crippen molar-refractivity contribution < 1.29 is 4.79 Å². The molecule has 30 heavy (non-hydrogen) atoms. The molecule has 0 bridgehead atoms. The van der Waals surface area contributed by atoms with Gasteiger partial charge in [0, 0.05) is 3.57 Å². The van der Waals surface area contributed by atoms with Crippen LogP contribution in [0.5, 0.6) is 0 Å². The van der Waals surface area contributed by atoms with Gasteiger partial charge in [-0.05, 0) is 63.3 Å². The first-order chi connectivity index (χ1) is 14.2. The maximum absolute atomic E-state index is 12.7. The van der Waals surface area contributed by atoms with E-state index in [2.05, 4.69) is 38.5 Å².